The Morgan fingerprint density at radius 3 is 2.67 bits per heavy atom. The Bertz CT molecular complexity index is 737. The van der Waals surface area contributed by atoms with Crippen LogP contribution in [0.5, 0.6) is 0 Å². The second kappa shape index (κ2) is 5.68. The number of nitrogens with zero attached hydrogens (tertiary/aromatic N) is 1. The van der Waals surface area contributed by atoms with Gasteiger partial charge < -0.3 is 15.3 Å². The number of nitrogens with two attached hydrogens (primary N) is 1. The number of benzene rings is 1. The molecule has 108 valence electrons. The molecule has 2 aromatic heterocycles. The maximum Gasteiger partial charge on any atom is 0.134 e. The van der Waals surface area contributed by atoms with E-state index in [0.717, 1.165) is 22.1 Å². The average molecular weight is 282 g/mol. The fraction of sp³-hybridized carbons (Fsp3) is 0.235. The Balaban J connectivity index is 1.96. The molecule has 0 aliphatic carbocycles. The predicted molar refractivity (Wildman–Crippen MR) is 81.9 cm³/mol. The van der Waals surface area contributed by atoms with Gasteiger partial charge in [-0.15, -0.1) is 0 Å². The van der Waals surface area contributed by atoms with Gasteiger partial charge in [-0.3, -0.25) is 4.98 Å². The van der Waals surface area contributed by atoms with E-state index in [4.69, 9.17) is 10.2 Å². The number of rotatable bonds is 4. The lowest BCUT2D eigenvalue weighted by atomic mass is 9.93. The Hall–Kier alpha value is -2.17. The lowest BCUT2D eigenvalue weighted by Gasteiger charge is -2.19. The minimum atomic E-state index is -0.773. The highest BCUT2D eigenvalue weighted by Gasteiger charge is 2.24. The molecular formula is C17H18N2O2. The van der Waals surface area contributed by atoms with E-state index in [2.05, 4.69) is 4.98 Å². The first-order valence-corrected chi connectivity index (χ1v) is 6.97. The third-order valence-electron chi connectivity index (χ3n) is 3.75. The van der Waals surface area contributed by atoms with Gasteiger partial charge in [-0.05, 0) is 42.8 Å². The van der Waals surface area contributed by atoms with Gasteiger partial charge in [0.1, 0.15) is 17.4 Å². The predicted octanol–water partition coefficient (Wildman–Crippen LogP) is 2.91. The lowest BCUT2D eigenvalue weighted by Crippen LogP contribution is -2.19. The highest BCUT2D eigenvalue weighted by molar-refractivity contribution is 5.78. The first-order chi connectivity index (χ1) is 10.2. The van der Waals surface area contributed by atoms with Crippen molar-refractivity contribution in [3.05, 3.63) is 65.7 Å². The molecule has 2 unspecified atom stereocenters. The van der Waals surface area contributed by atoms with E-state index in [0.29, 0.717) is 12.3 Å². The smallest absolute Gasteiger partial charge is 0.134 e. The summed E-state index contributed by atoms with van der Waals surface area (Å²) in [6.07, 6.45) is 2.63. The molecule has 1 aromatic carbocycles. The average Bonchev–Trinajstić information content (AvgIpc) is 2.92. The number of aromatic nitrogens is 1. The second-order valence-corrected chi connectivity index (χ2v) is 5.26. The van der Waals surface area contributed by atoms with Gasteiger partial charge in [0.15, 0.2) is 0 Å². The van der Waals surface area contributed by atoms with Gasteiger partial charge in [-0.1, -0.05) is 11.6 Å². The van der Waals surface area contributed by atoms with Gasteiger partial charge >= 0.3 is 0 Å². The fourth-order valence-electron chi connectivity index (χ4n) is 2.59. The van der Waals surface area contributed by atoms with E-state index in [1.165, 1.54) is 0 Å². The molecule has 0 fully saturated rings. The number of aliphatic hydroxyl groups is 1. The summed E-state index contributed by atoms with van der Waals surface area (Å²) in [5, 5.41) is 11.6. The van der Waals surface area contributed by atoms with Gasteiger partial charge in [0.05, 0.1) is 0 Å². The highest BCUT2D eigenvalue weighted by atomic mass is 16.4. The summed E-state index contributed by atoms with van der Waals surface area (Å²) in [5.41, 5.74) is 8.73. The molecule has 3 N–H and O–H groups in total. The second-order valence-electron chi connectivity index (χ2n) is 5.26. The number of hydrogen-bond donors (Lipinski definition) is 2. The van der Waals surface area contributed by atoms with Gasteiger partial charge in [-0.2, -0.15) is 0 Å². The number of fused-ring (bicyclic) bond motifs is 1. The summed E-state index contributed by atoms with van der Waals surface area (Å²) in [5.74, 6) is 0.331. The highest BCUT2D eigenvalue weighted by Crippen LogP contribution is 2.33. The normalized spacial score (nSPS) is 14.2. The summed E-state index contributed by atoms with van der Waals surface area (Å²) in [4.78, 5) is 3.99. The lowest BCUT2D eigenvalue weighted by molar-refractivity contribution is 0.124. The molecule has 0 aliphatic rings. The minimum absolute atomic E-state index is 0.213. The van der Waals surface area contributed by atoms with E-state index in [-0.39, 0.29) is 5.92 Å². The molecule has 2 heterocycles. The molecule has 0 amide bonds. The topological polar surface area (TPSA) is 72.3 Å². The van der Waals surface area contributed by atoms with Crippen molar-refractivity contribution in [1.29, 1.82) is 0 Å². The maximum absolute atomic E-state index is 10.6. The van der Waals surface area contributed by atoms with Crippen LogP contribution in [0.1, 0.15) is 28.9 Å². The van der Waals surface area contributed by atoms with Crippen LogP contribution in [0.15, 0.2) is 53.2 Å². The van der Waals surface area contributed by atoms with Crippen LogP contribution in [-0.2, 0) is 0 Å². The van der Waals surface area contributed by atoms with Crippen molar-refractivity contribution in [2.45, 2.75) is 18.9 Å². The summed E-state index contributed by atoms with van der Waals surface area (Å²) >= 11 is 0. The van der Waals surface area contributed by atoms with Crippen molar-refractivity contribution < 1.29 is 9.52 Å². The summed E-state index contributed by atoms with van der Waals surface area (Å²) in [6, 6.07) is 11.6. The van der Waals surface area contributed by atoms with E-state index >= 15 is 0 Å². The zero-order chi connectivity index (χ0) is 14.8. The molecule has 4 nitrogen and oxygen atoms in total. The third kappa shape index (κ3) is 2.68. The number of hydrogen-bond acceptors (Lipinski definition) is 4. The molecule has 21 heavy (non-hydrogen) atoms. The summed E-state index contributed by atoms with van der Waals surface area (Å²) < 4.78 is 5.77. The minimum Gasteiger partial charge on any atom is -0.458 e. The zero-order valence-corrected chi connectivity index (χ0v) is 11.9. The molecule has 0 saturated carbocycles. The zero-order valence-electron chi connectivity index (χ0n) is 11.9. The molecule has 0 radical (unpaired) electrons. The number of aryl methyl sites for hydroxylation is 1. The van der Waals surface area contributed by atoms with Crippen LogP contribution in [-0.4, -0.2) is 16.6 Å². The summed E-state index contributed by atoms with van der Waals surface area (Å²) in [7, 11) is 0. The van der Waals surface area contributed by atoms with Crippen LogP contribution in [0, 0.1) is 6.92 Å². The molecule has 3 rings (SSSR count). The molecule has 0 saturated heterocycles. The SMILES string of the molecule is Cc1ccc2oc(C(O)C(CN)c3ccncc3)cc2c1. The number of furan rings is 1. The van der Waals surface area contributed by atoms with Crippen LogP contribution < -0.4 is 5.73 Å². The Labute approximate surface area is 123 Å². The van der Waals surface area contributed by atoms with Gasteiger partial charge in [0.25, 0.3) is 0 Å². The van der Waals surface area contributed by atoms with Crippen molar-refractivity contribution in [2.24, 2.45) is 5.73 Å². The Morgan fingerprint density at radius 1 is 1.19 bits per heavy atom. The van der Waals surface area contributed by atoms with Crippen LogP contribution in [0.4, 0.5) is 0 Å². The monoisotopic (exact) mass is 282 g/mol. The number of pyridine rings is 1. The van der Waals surface area contributed by atoms with Crippen LogP contribution >= 0.6 is 0 Å². The molecule has 0 aliphatic heterocycles. The third-order valence-corrected chi connectivity index (χ3v) is 3.75. The van der Waals surface area contributed by atoms with E-state index < -0.39 is 6.10 Å². The largest absolute Gasteiger partial charge is 0.458 e. The van der Waals surface area contributed by atoms with Gasteiger partial charge in [0.2, 0.25) is 0 Å². The van der Waals surface area contributed by atoms with Crippen molar-refractivity contribution in [1.82, 2.24) is 4.98 Å². The standard InChI is InChI=1S/C17H18N2O2/c1-11-2-3-15-13(8-11)9-16(21-15)17(20)14(10-18)12-4-6-19-7-5-12/h2-9,14,17,20H,10,18H2,1H3. The quantitative estimate of drug-likeness (QED) is 0.771. The summed E-state index contributed by atoms with van der Waals surface area (Å²) in [6.45, 7) is 2.36. The molecule has 4 heteroatoms. The van der Waals surface area contributed by atoms with Crippen molar-refractivity contribution in [3.8, 4) is 0 Å². The van der Waals surface area contributed by atoms with Crippen molar-refractivity contribution >= 4 is 11.0 Å². The molecule has 0 bridgehead atoms. The molecule has 0 spiro atoms. The number of aliphatic hydroxyl groups excluding tert-OH is 1. The molecular weight excluding hydrogens is 264 g/mol. The molecule has 2 atom stereocenters. The maximum atomic E-state index is 10.6. The van der Waals surface area contributed by atoms with Gasteiger partial charge in [0, 0.05) is 30.2 Å². The Morgan fingerprint density at radius 2 is 1.95 bits per heavy atom. The van der Waals surface area contributed by atoms with Crippen LogP contribution in [0.2, 0.25) is 0 Å². The van der Waals surface area contributed by atoms with Crippen molar-refractivity contribution in [3.63, 3.8) is 0 Å². The Kier molecular flexibility index (Phi) is 3.73. The van der Waals surface area contributed by atoms with Crippen LogP contribution in [0.25, 0.3) is 11.0 Å². The first kappa shape index (κ1) is 13.8. The van der Waals surface area contributed by atoms with Crippen LogP contribution in [0.3, 0.4) is 0 Å². The van der Waals surface area contributed by atoms with E-state index in [9.17, 15) is 5.11 Å². The first-order valence-electron chi connectivity index (χ1n) is 6.97. The van der Waals surface area contributed by atoms with Gasteiger partial charge in [-0.25, -0.2) is 0 Å². The molecule has 3 aromatic rings. The van der Waals surface area contributed by atoms with Crippen molar-refractivity contribution in [2.75, 3.05) is 6.54 Å². The fourth-order valence-corrected chi connectivity index (χ4v) is 2.59. The van der Waals surface area contributed by atoms with E-state index in [1.807, 2.05) is 43.3 Å². The van der Waals surface area contributed by atoms with E-state index in [1.54, 1.807) is 12.4 Å².